The third-order valence-corrected chi connectivity index (χ3v) is 1.33. The molecule has 0 aromatic carbocycles. The van der Waals surface area contributed by atoms with Crippen LogP contribution in [0.4, 0.5) is 0 Å². The third kappa shape index (κ3) is 2.64. The summed E-state index contributed by atoms with van der Waals surface area (Å²) < 4.78 is 0. The van der Waals surface area contributed by atoms with Crippen LogP contribution in [0.1, 0.15) is 19.3 Å². The second kappa shape index (κ2) is 4.30. The van der Waals surface area contributed by atoms with Gasteiger partial charge in [0.25, 0.3) is 0 Å². The number of hydrogen-bond acceptors (Lipinski definition) is 2. The highest BCUT2D eigenvalue weighted by atomic mass is 79.9. The molecule has 0 radical (unpaired) electrons. The number of hydroxylamine groups is 2. The van der Waals surface area contributed by atoms with Gasteiger partial charge in [0.05, 0.1) is 0 Å². The molecular formula is C5H12BrNO. The van der Waals surface area contributed by atoms with E-state index in [1.165, 1.54) is 11.5 Å². The first-order valence-corrected chi connectivity index (χ1v) is 2.83. The zero-order valence-corrected chi connectivity index (χ0v) is 6.55. The molecule has 0 aliphatic carbocycles. The number of halogens is 1. The molecule has 1 aliphatic heterocycles. The molecule has 1 rings (SSSR count). The Labute approximate surface area is 60.2 Å². The fourth-order valence-electron chi connectivity index (χ4n) is 0.877. The average molecular weight is 182 g/mol. The van der Waals surface area contributed by atoms with Crippen molar-refractivity contribution in [2.45, 2.75) is 19.3 Å². The predicted molar refractivity (Wildman–Crippen MR) is 37.5 cm³/mol. The van der Waals surface area contributed by atoms with E-state index in [0.717, 1.165) is 25.9 Å². The Bertz CT molecular complexity index is 54.4. The fraction of sp³-hybridized carbons (Fsp3) is 1.00. The van der Waals surface area contributed by atoms with Crippen molar-refractivity contribution in [2.75, 3.05) is 13.1 Å². The van der Waals surface area contributed by atoms with Gasteiger partial charge in [0.15, 0.2) is 0 Å². The Morgan fingerprint density at radius 3 is 1.75 bits per heavy atom. The molecule has 1 aliphatic rings. The van der Waals surface area contributed by atoms with E-state index in [4.69, 9.17) is 5.21 Å². The lowest BCUT2D eigenvalue weighted by Crippen LogP contribution is -2.25. The Morgan fingerprint density at radius 2 is 1.50 bits per heavy atom. The van der Waals surface area contributed by atoms with Gasteiger partial charge in [0, 0.05) is 13.1 Å². The first-order chi connectivity index (χ1) is 3.39. The summed E-state index contributed by atoms with van der Waals surface area (Å²) >= 11 is 0. The summed E-state index contributed by atoms with van der Waals surface area (Å²) in [6.45, 7) is 1.75. The predicted octanol–water partition coefficient (Wildman–Crippen LogP) is 1.44. The van der Waals surface area contributed by atoms with Gasteiger partial charge in [-0.2, -0.15) is 5.06 Å². The van der Waals surface area contributed by atoms with Crippen LogP contribution in [0.15, 0.2) is 0 Å². The highest BCUT2D eigenvalue weighted by Gasteiger charge is 2.04. The molecule has 0 atom stereocenters. The number of rotatable bonds is 0. The van der Waals surface area contributed by atoms with Crippen molar-refractivity contribution in [1.82, 2.24) is 5.06 Å². The molecule has 1 saturated heterocycles. The largest absolute Gasteiger partial charge is 0.314 e. The number of hydrogen-bond donors (Lipinski definition) is 1. The molecule has 3 heteroatoms. The van der Waals surface area contributed by atoms with Crippen LogP contribution in [0.5, 0.6) is 0 Å². The molecule has 0 saturated carbocycles. The lowest BCUT2D eigenvalue weighted by molar-refractivity contribution is -0.103. The van der Waals surface area contributed by atoms with E-state index >= 15 is 0 Å². The standard InChI is InChI=1S/C5H11NO.BrH/c7-6-4-2-1-3-5-6;/h7H,1-5H2;1H. The molecule has 0 spiro atoms. The van der Waals surface area contributed by atoms with Crippen LogP contribution in [0, 0.1) is 0 Å². The van der Waals surface area contributed by atoms with Gasteiger partial charge in [0.1, 0.15) is 0 Å². The molecule has 2 nitrogen and oxygen atoms in total. The van der Waals surface area contributed by atoms with Crippen LogP contribution >= 0.6 is 17.0 Å². The van der Waals surface area contributed by atoms with Crippen molar-refractivity contribution in [3.8, 4) is 0 Å². The Morgan fingerprint density at radius 1 is 1.00 bits per heavy atom. The maximum absolute atomic E-state index is 8.74. The Hall–Kier alpha value is 0.400. The maximum Gasteiger partial charge on any atom is 0.0238 e. The zero-order valence-electron chi connectivity index (χ0n) is 4.84. The fourth-order valence-corrected chi connectivity index (χ4v) is 0.877. The molecule has 0 amide bonds. The van der Waals surface area contributed by atoms with Gasteiger partial charge in [-0.25, -0.2) is 0 Å². The molecule has 1 N–H and O–H groups in total. The van der Waals surface area contributed by atoms with Gasteiger partial charge in [-0.1, -0.05) is 6.42 Å². The van der Waals surface area contributed by atoms with Crippen LogP contribution < -0.4 is 0 Å². The van der Waals surface area contributed by atoms with E-state index in [1.807, 2.05) is 0 Å². The minimum Gasteiger partial charge on any atom is -0.314 e. The van der Waals surface area contributed by atoms with Gasteiger partial charge >= 0.3 is 0 Å². The molecular weight excluding hydrogens is 170 g/mol. The van der Waals surface area contributed by atoms with E-state index in [-0.39, 0.29) is 17.0 Å². The van der Waals surface area contributed by atoms with E-state index in [2.05, 4.69) is 0 Å². The Balaban J connectivity index is 0.000000490. The van der Waals surface area contributed by atoms with Crippen LogP contribution in [0.3, 0.4) is 0 Å². The molecule has 0 unspecified atom stereocenters. The molecule has 8 heavy (non-hydrogen) atoms. The van der Waals surface area contributed by atoms with Crippen molar-refractivity contribution in [1.29, 1.82) is 0 Å². The first kappa shape index (κ1) is 8.40. The van der Waals surface area contributed by atoms with E-state index in [0.29, 0.717) is 0 Å². The van der Waals surface area contributed by atoms with E-state index in [1.54, 1.807) is 0 Å². The lowest BCUT2D eigenvalue weighted by atomic mass is 10.2. The number of piperidine rings is 1. The minimum absolute atomic E-state index is 0. The molecule has 0 aromatic rings. The summed E-state index contributed by atoms with van der Waals surface area (Å²) in [5.41, 5.74) is 0. The lowest BCUT2D eigenvalue weighted by Gasteiger charge is -2.18. The van der Waals surface area contributed by atoms with Crippen molar-refractivity contribution < 1.29 is 5.21 Å². The van der Waals surface area contributed by atoms with Gasteiger partial charge in [-0.15, -0.1) is 17.0 Å². The molecule has 0 aromatic heterocycles. The topological polar surface area (TPSA) is 23.5 Å². The van der Waals surface area contributed by atoms with E-state index in [9.17, 15) is 0 Å². The minimum atomic E-state index is 0. The normalized spacial score (nSPS) is 22.1. The quantitative estimate of drug-likeness (QED) is 0.612. The smallest absolute Gasteiger partial charge is 0.0238 e. The number of nitrogens with zero attached hydrogens (tertiary/aromatic N) is 1. The molecule has 1 heterocycles. The van der Waals surface area contributed by atoms with Gasteiger partial charge in [-0.05, 0) is 12.8 Å². The molecule has 0 bridgehead atoms. The summed E-state index contributed by atoms with van der Waals surface area (Å²) in [5.74, 6) is 0. The Kier molecular flexibility index (Phi) is 4.51. The van der Waals surface area contributed by atoms with Crippen LogP contribution in [0.25, 0.3) is 0 Å². The van der Waals surface area contributed by atoms with Crippen molar-refractivity contribution >= 4 is 17.0 Å². The second-order valence-electron chi connectivity index (χ2n) is 2.01. The summed E-state index contributed by atoms with van der Waals surface area (Å²) in [5, 5.41) is 10.1. The first-order valence-electron chi connectivity index (χ1n) is 2.83. The second-order valence-corrected chi connectivity index (χ2v) is 2.01. The van der Waals surface area contributed by atoms with Gasteiger partial charge in [0.2, 0.25) is 0 Å². The van der Waals surface area contributed by atoms with E-state index < -0.39 is 0 Å². The van der Waals surface area contributed by atoms with Gasteiger partial charge < -0.3 is 5.21 Å². The monoisotopic (exact) mass is 181 g/mol. The summed E-state index contributed by atoms with van der Waals surface area (Å²) in [4.78, 5) is 0. The molecule has 50 valence electrons. The van der Waals surface area contributed by atoms with Crippen molar-refractivity contribution in [3.63, 3.8) is 0 Å². The highest BCUT2D eigenvalue weighted by molar-refractivity contribution is 8.93. The molecule has 1 fully saturated rings. The summed E-state index contributed by atoms with van der Waals surface area (Å²) in [6.07, 6.45) is 3.62. The van der Waals surface area contributed by atoms with Gasteiger partial charge in [-0.3, -0.25) is 0 Å². The van der Waals surface area contributed by atoms with Crippen molar-refractivity contribution in [3.05, 3.63) is 0 Å². The SMILES string of the molecule is Br.ON1CCCCC1. The van der Waals surface area contributed by atoms with Crippen molar-refractivity contribution in [2.24, 2.45) is 0 Å². The van der Waals surface area contributed by atoms with Crippen LogP contribution in [0.2, 0.25) is 0 Å². The van der Waals surface area contributed by atoms with Crippen LogP contribution in [-0.2, 0) is 0 Å². The maximum atomic E-state index is 8.74. The summed E-state index contributed by atoms with van der Waals surface area (Å²) in [7, 11) is 0. The summed E-state index contributed by atoms with van der Waals surface area (Å²) in [6, 6.07) is 0. The zero-order chi connectivity index (χ0) is 5.11. The third-order valence-electron chi connectivity index (χ3n) is 1.33. The highest BCUT2D eigenvalue weighted by Crippen LogP contribution is 2.04. The average Bonchev–Trinajstić information content (AvgIpc) is 1.69. The van der Waals surface area contributed by atoms with Crippen LogP contribution in [-0.4, -0.2) is 23.4 Å².